The van der Waals surface area contributed by atoms with Crippen molar-refractivity contribution in [2.75, 3.05) is 32.7 Å². The third-order valence-corrected chi connectivity index (χ3v) is 3.41. The fraction of sp³-hybridized carbons (Fsp3) is 0.846. The SMILES string of the molecule is CCCN1CCN(C(=O)NC(C(=O)O)C(C)C)CC1. The first-order valence-corrected chi connectivity index (χ1v) is 6.96. The number of carboxylic acid groups (broad SMARTS) is 1. The number of piperazine rings is 1. The molecule has 110 valence electrons. The highest BCUT2D eigenvalue weighted by atomic mass is 16.4. The molecule has 0 saturated carbocycles. The fourth-order valence-electron chi connectivity index (χ4n) is 2.23. The molecule has 2 amide bonds. The van der Waals surface area contributed by atoms with Crippen LogP contribution >= 0.6 is 0 Å². The van der Waals surface area contributed by atoms with Crippen LogP contribution in [0, 0.1) is 5.92 Å². The number of rotatable bonds is 5. The van der Waals surface area contributed by atoms with E-state index in [0.717, 1.165) is 26.1 Å². The molecule has 2 N–H and O–H groups in total. The quantitative estimate of drug-likeness (QED) is 0.777. The third kappa shape index (κ3) is 4.70. The number of carbonyl (C=O) groups is 2. The maximum atomic E-state index is 12.0. The molecule has 1 atom stereocenters. The van der Waals surface area contributed by atoms with Crippen LogP contribution in [0.25, 0.3) is 0 Å². The normalized spacial score (nSPS) is 18.4. The average molecular weight is 271 g/mol. The van der Waals surface area contributed by atoms with Crippen molar-refractivity contribution in [3.8, 4) is 0 Å². The van der Waals surface area contributed by atoms with E-state index in [1.54, 1.807) is 18.7 Å². The number of hydrogen-bond donors (Lipinski definition) is 2. The summed E-state index contributed by atoms with van der Waals surface area (Å²) < 4.78 is 0. The van der Waals surface area contributed by atoms with Crippen LogP contribution < -0.4 is 5.32 Å². The van der Waals surface area contributed by atoms with Crippen LogP contribution in [0.15, 0.2) is 0 Å². The number of hydrogen-bond acceptors (Lipinski definition) is 3. The Morgan fingerprint density at radius 1 is 1.21 bits per heavy atom. The number of carboxylic acids is 1. The fourth-order valence-corrected chi connectivity index (χ4v) is 2.23. The lowest BCUT2D eigenvalue weighted by molar-refractivity contribution is -0.140. The molecule has 0 aliphatic carbocycles. The molecule has 19 heavy (non-hydrogen) atoms. The largest absolute Gasteiger partial charge is 0.480 e. The van der Waals surface area contributed by atoms with E-state index in [4.69, 9.17) is 5.11 Å². The Morgan fingerprint density at radius 3 is 2.21 bits per heavy atom. The van der Waals surface area contributed by atoms with Crippen LogP contribution in [0.1, 0.15) is 27.2 Å². The zero-order valence-electron chi connectivity index (χ0n) is 12.1. The van der Waals surface area contributed by atoms with Crippen LogP contribution in [0.2, 0.25) is 0 Å². The maximum Gasteiger partial charge on any atom is 0.326 e. The van der Waals surface area contributed by atoms with E-state index >= 15 is 0 Å². The van der Waals surface area contributed by atoms with Crippen LogP contribution in [-0.4, -0.2) is 65.7 Å². The van der Waals surface area contributed by atoms with Crippen molar-refractivity contribution in [2.24, 2.45) is 5.92 Å². The van der Waals surface area contributed by atoms with E-state index in [1.165, 1.54) is 0 Å². The van der Waals surface area contributed by atoms with Gasteiger partial charge in [-0.2, -0.15) is 0 Å². The molecule has 6 heteroatoms. The molecule has 0 aromatic carbocycles. The standard InChI is InChI=1S/C13H25N3O3/c1-4-5-15-6-8-16(9-7-15)13(19)14-11(10(2)3)12(17)18/h10-11H,4-9H2,1-3H3,(H,14,19)(H,17,18). The molecule has 0 aromatic heterocycles. The second-order valence-electron chi connectivity index (χ2n) is 5.34. The van der Waals surface area contributed by atoms with Gasteiger partial charge < -0.3 is 15.3 Å². The first kappa shape index (κ1) is 15.8. The summed E-state index contributed by atoms with van der Waals surface area (Å²) in [5.74, 6) is -1.10. The van der Waals surface area contributed by atoms with Gasteiger partial charge >= 0.3 is 12.0 Å². The first-order chi connectivity index (χ1) is 8.95. The highest BCUT2D eigenvalue weighted by molar-refractivity contribution is 5.82. The Kier molecular flexibility index (Phi) is 6.08. The van der Waals surface area contributed by atoms with E-state index in [9.17, 15) is 9.59 Å². The van der Waals surface area contributed by atoms with Crippen LogP contribution in [0.4, 0.5) is 4.79 Å². The van der Waals surface area contributed by atoms with E-state index in [1.807, 2.05) is 0 Å². The van der Waals surface area contributed by atoms with Gasteiger partial charge in [0.05, 0.1) is 0 Å². The molecule has 1 unspecified atom stereocenters. The number of carbonyl (C=O) groups excluding carboxylic acids is 1. The smallest absolute Gasteiger partial charge is 0.326 e. The Bertz CT molecular complexity index is 312. The predicted octanol–water partition coefficient (Wildman–Crippen LogP) is 0.833. The lowest BCUT2D eigenvalue weighted by atomic mass is 10.1. The monoisotopic (exact) mass is 271 g/mol. The molecule has 1 saturated heterocycles. The van der Waals surface area contributed by atoms with Crippen molar-refractivity contribution in [1.82, 2.24) is 15.1 Å². The molecule has 1 aliphatic rings. The second-order valence-corrected chi connectivity index (χ2v) is 5.34. The topological polar surface area (TPSA) is 72.9 Å². The van der Waals surface area contributed by atoms with E-state index in [2.05, 4.69) is 17.1 Å². The summed E-state index contributed by atoms with van der Waals surface area (Å²) in [7, 11) is 0. The van der Waals surface area contributed by atoms with Crippen LogP contribution in [-0.2, 0) is 4.79 Å². The molecule has 1 heterocycles. The van der Waals surface area contributed by atoms with Crippen molar-refractivity contribution in [3.05, 3.63) is 0 Å². The zero-order valence-corrected chi connectivity index (χ0v) is 12.1. The van der Waals surface area contributed by atoms with Crippen LogP contribution in [0.5, 0.6) is 0 Å². The van der Waals surface area contributed by atoms with Crippen molar-refractivity contribution in [2.45, 2.75) is 33.2 Å². The van der Waals surface area contributed by atoms with Gasteiger partial charge in [-0.1, -0.05) is 20.8 Å². The number of urea groups is 1. The molecule has 0 aromatic rings. The molecule has 0 spiro atoms. The summed E-state index contributed by atoms with van der Waals surface area (Å²) >= 11 is 0. The van der Waals surface area contributed by atoms with Gasteiger partial charge in [0.15, 0.2) is 0 Å². The van der Waals surface area contributed by atoms with Gasteiger partial charge in [-0.25, -0.2) is 9.59 Å². The molecular formula is C13H25N3O3. The number of aliphatic carboxylic acids is 1. The molecule has 1 fully saturated rings. The predicted molar refractivity (Wildman–Crippen MR) is 73.1 cm³/mol. The van der Waals surface area contributed by atoms with Gasteiger partial charge in [0, 0.05) is 26.2 Å². The van der Waals surface area contributed by atoms with Crippen molar-refractivity contribution in [1.29, 1.82) is 0 Å². The van der Waals surface area contributed by atoms with E-state index < -0.39 is 12.0 Å². The van der Waals surface area contributed by atoms with Gasteiger partial charge in [0.25, 0.3) is 0 Å². The first-order valence-electron chi connectivity index (χ1n) is 6.96. The van der Waals surface area contributed by atoms with Gasteiger partial charge in [-0.3, -0.25) is 4.90 Å². The number of amides is 2. The van der Waals surface area contributed by atoms with Crippen LogP contribution in [0.3, 0.4) is 0 Å². The Morgan fingerprint density at radius 2 is 1.79 bits per heavy atom. The lowest BCUT2D eigenvalue weighted by Crippen LogP contribution is -2.55. The molecule has 1 rings (SSSR count). The van der Waals surface area contributed by atoms with Gasteiger partial charge in [0.1, 0.15) is 6.04 Å². The summed E-state index contributed by atoms with van der Waals surface area (Å²) in [6, 6.07) is -1.08. The van der Waals surface area contributed by atoms with Crippen molar-refractivity contribution in [3.63, 3.8) is 0 Å². The maximum absolute atomic E-state index is 12.0. The minimum atomic E-state index is -0.979. The summed E-state index contributed by atoms with van der Waals surface area (Å²) in [5.41, 5.74) is 0. The molecule has 1 aliphatic heterocycles. The molecule has 0 radical (unpaired) electrons. The van der Waals surface area contributed by atoms with E-state index in [0.29, 0.717) is 13.1 Å². The zero-order chi connectivity index (χ0) is 14.4. The summed E-state index contributed by atoms with van der Waals surface area (Å²) in [6.07, 6.45) is 1.11. The minimum absolute atomic E-state index is 0.122. The lowest BCUT2D eigenvalue weighted by Gasteiger charge is -2.35. The summed E-state index contributed by atoms with van der Waals surface area (Å²) in [6.45, 7) is 9.82. The summed E-state index contributed by atoms with van der Waals surface area (Å²) in [5, 5.41) is 11.7. The average Bonchev–Trinajstić information content (AvgIpc) is 2.36. The third-order valence-electron chi connectivity index (χ3n) is 3.41. The second kappa shape index (κ2) is 7.33. The summed E-state index contributed by atoms with van der Waals surface area (Å²) in [4.78, 5) is 27.1. The van der Waals surface area contributed by atoms with E-state index in [-0.39, 0.29) is 11.9 Å². The van der Waals surface area contributed by atoms with Gasteiger partial charge in [-0.15, -0.1) is 0 Å². The molecular weight excluding hydrogens is 246 g/mol. The number of nitrogens with zero attached hydrogens (tertiary/aromatic N) is 2. The number of nitrogens with one attached hydrogen (secondary N) is 1. The molecule has 6 nitrogen and oxygen atoms in total. The molecule has 0 bridgehead atoms. The highest BCUT2D eigenvalue weighted by Gasteiger charge is 2.27. The highest BCUT2D eigenvalue weighted by Crippen LogP contribution is 2.06. The van der Waals surface area contributed by atoms with Gasteiger partial charge in [0.2, 0.25) is 0 Å². The van der Waals surface area contributed by atoms with Crippen molar-refractivity contribution < 1.29 is 14.7 Å². The minimum Gasteiger partial charge on any atom is -0.480 e. The van der Waals surface area contributed by atoms with Crippen molar-refractivity contribution >= 4 is 12.0 Å². The van der Waals surface area contributed by atoms with Gasteiger partial charge in [-0.05, 0) is 18.9 Å². The Hall–Kier alpha value is -1.30. The Balaban J connectivity index is 2.44. The Labute approximate surface area is 114 Å².